The highest BCUT2D eigenvalue weighted by Crippen LogP contribution is 2.34. The van der Waals surface area contributed by atoms with Crippen LogP contribution in [0.3, 0.4) is 0 Å². The van der Waals surface area contributed by atoms with Crippen molar-refractivity contribution in [2.45, 2.75) is 31.1 Å². The van der Waals surface area contributed by atoms with Gasteiger partial charge in [-0.25, -0.2) is 13.5 Å². The van der Waals surface area contributed by atoms with E-state index in [1.54, 1.807) is 23.5 Å². The third-order valence-electron chi connectivity index (χ3n) is 6.60. The summed E-state index contributed by atoms with van der Waals surface area (Å²) in [7, 11) is 0.0288. The van der Waals surface area contributed by atoms with Crippen molar-refractivity contribution < 1.29 is 28.1 Å². The third kappa shape index (κ3) is 8.65. The normalized spacial score (nSPS) is 16.5. The van der Waals surface area contributed by atoms with E-state index in [1.807, 2.05) is 37.3 Å². The topological polar surface area (TPSA) is 139 Å². The van der Waals surface area contributed by atoms with Gasteiger partial charge >= 0.3 is 0 Å². The van der Waals surface area contributed by atoms with Gasteiger partial charge < -0.3 is 25.4 Å². The lowest BCUT2D eigenvalue weighted by Gasteiger charge is -2.28. The molecule has 13 heteroatoms. The Morgan fingerprint density at radius 3 is 2.48 bits per heavy atom. The highest BCUT2D eigenvalue weighted by Gasteiger charge is 2.34. The number of morpholine rings is 1. The Morgan fingerprint density at radius 2 is 1.86 bits per heavy atom. The molecule has 3 amide bonds. The van der Waals surface area contributed by atoms with Crippen LogP contribution in [0.1, 0.15) is 40.4 Å². The molecule has 2 unspecified atom stereocenters. The van der Waals surface area contributed by atoms with Crippen LogP contribution in [-0.4, -0.2) is 90.9 Å². The second-order valence-electron chi connectivity index (χ2n) is 9.71. The summed E-state index contributed by atoms with van der Waals surface area (Å²) in [5.41, 5.74) is 3.25. The van der Waals surface area contributed by atoms with Crippen molar-refractivity contribution in [3.63, 3.8) is 0 Å². The Kier molecular flexibility index (Phi) is 12.0. The molecular formula is C29H37N5O6S2. The second-order valence-corrected chi connectivity index (χ2v) is 12.3. The minimum Gasteiger partial charge on any atom is -0.383 e. The molecule has 42 heavy (non-hydrogen) atoms. The molecule has 0 bridgehead atoms. The van der Waals surface area contributed by atoms with Gasteiger partial charge in [0.2, 0.25) is 12.3 Å². The molecular weight excluding hydrogens is 578 g/mol. The number of carbonyl (C=O) groups excluding carboxylic acids is 3. The Hall–Kier alpha value is -3.23. The summed E-state index contributed by atoms with van der Waals surface area (Å²) < 4.78 is 26.4. The van der Waals surface area contributed by atoms with Crippen LogP contribution in [-0.2, 0) is 30.0 Å². The van der Waals surface area contributed by atoms with E-state index in [9.17, 15) is 18.6 Å². The van der Waals surface area contributed by atoms with Crippen molar-refractivity contribution in [1.29, 1.82) is 0 Å². The lowest BCUT2D eigenvalue weighted by atomic mass is 10.0. The van der Waals surface area contributed by atoms with E-state index in [4.69, 9.17) is 9.47 Å². The number of carbonyl (C=O) groups is 3. The van der Waals surface area contributed by atoms with Gasteiger partial charge in [-0.3, -0.25) is 14.4 Å². The van der Waals surface area contributed by atoms with Crippen molar-refractivity contribution in [3.8, 4) is 11.1 Å². The molecule has 1 saturated heterocycles. The second kappa shape index (κ2) is 15.8. The highest BCUT2D eigenvalue weighted by molar-refractivity contribution is 7.83. The molecule has 226 valence electrons. The van der Waals surface area contributed by atoms with E-state index in [2.05, 4.69) is 20.9 Å². The van der Waals surface area contributed by atoms with Crippen LogP contribution in [0.15, 0.2) is 42.5 Å². The number of amides is 3. The zero-order valence-electron chi connectivity index (χ0n) is 23.8. The van der Waals surface area contributed by atoms with Gasteiger partial charge in [-0.2, -0.15) is 0 Å². The number of likely N-dealkylation sites (N-methyl/N-ethyl adjacent to an activating group) is 1. The smallest absolute Gasteiger partial charge is 0.251 e. The van der Waals surface area contributed by atoms with Gasteiger partial charge in [0.05, 0.1) is 30.0 Å². The number of ether oxygens (including phenoxy) is 2. The van der Waals surface area contributed by atoms with Gasteiger partial charge in [0, 0.05) is 44.9 Å². The van der Waals surface area contributed by atoms with Crippen LogP contribution >= 0.6 is 11.3 Å². The minimum atomic E-state index is -1.56. The maximum Gasteiger partial charge on any atom is 0.251 e. The van der Waals surface area contributed by atoms with Crippen LogP contribution in [0, 0.1) is 0 Å². The number of hydrogen-bond donors (Lipinski definition) is 3. The van der Waals surface area contributed by atoms with Gasteiger partial charge in [0.1, 0.15) is 16.0 Å². The first-order valence-corrected chi connectivity index (χ1v) is 15.9. The number of aromatic nitrogens is 1. The summed E-state index contributed by atoms with van der Waals surface area (Å²) in [6.07, 6.45) is 3.12. The zero-order chi connectivity index (χ0) is 29.9. The van der Waals surface area contributed by atoms with E-state index >= 15 is 0 Å². The standard InChI is InChI=1S/C25H30N4O5S2.C4H7NO/c1-3-26-24(31)22(36(32)29-11-14-34-15-12-29)25-28-20-9-8-19(16-21(20)35-25)17-4-6-18(7-5-17)23(30)27-10-13-33-2;6-3-5-4-1-2-4/h4-9,16,22H,3,10-15H2,1-2H3,(H,26,31)(H,27,30);3-4H,1-2H2,(H,5,6). The van der Waals surface area contributed by atoms with Gasteiger partial charge in [0.15, 0.2) is 5.25 Å². The Bertz CT molecular complexity index is 1370. The first-order valence-electron chi connectivity index (χ1n) is 13.9. The fourth-order valence-corrected chi connectivity index (χ4v) is 6.87. The summed E-state index contributed by atoms with van der Waals surface area (Å²) in [5.74, 6) is -0.438. The maximum atomic E-state index is 13.4. The predicted molar refractivity (Wildman–Crippen MR) is 163 cm³/mol. The van der Waals surface area contributed by atoms with E-state index in [0.29, 0.717) is 62.6 Å². The monoisotopic (exact) mass is 615 g/mol. The quantitative estimate of drug-likeness (QED) is 0.210. The van der Waals surface area contributed by atoms with Crippen LogP contribution in [0.25, 0.3) is 21.3 Å². The molecule has 0 spiro atoms. The van der Waals surface area contributed by atoms with Crippen molar-refractivity contribution in [1.82, 2.24) is 25.2 Å². The van der Waals surface area contributed by atoms with Gasteiger partial charge in [0.25, 0.3) is 5.91 Å². The molecule has 1 aliphatic carbocycles. The Balaban J connectivity index is 0.000000600. The molecule has 2 aromatic carbocycles. The molecule has 3 aromatic rings. The molecule has 2 aliphatic rings. The molecule has 2 atom stereocenters. The van der Waals surface area contributed by atoms with Crippen LogP contribution in [0.5, 0.6) is 0 Å². The van der Waals surface area contributed by atoms with Crippen LogP contribution < -0.4 is 16.0 Å². The zero-order valence-corrected chi connectivity index (χ0v) is 25.4. The minimum absolute atomic E-state index is 0.147. The van der Waals surface area contributed by atoms with Crippen LogP contribution in [0.2, 0.25) is 0 Å². The molecule has 5 rings (SSSR count). The molecule has 0 radical (unpaired) electrons. The molecule has 1 aliphatic heterocycles. The molecule has 1 saturated carbocycles. The number of thiazole rings is 1. The summed E-state index contributed by atoms with van der Waals surface area (Å²) in [6, 6.07) is 13.8. The van der Waals surface area contributed by atoms with Crippen molar-refractivity contribution >= 4 is 50.8 Å². The fraction of sp³-hybridized carbons (Fsp3) is 0.448. The lowest BCUT2D eigenvalue weighted by molar-refractivity contribution is -0.120. The van der Waals surface area contributed by atoms with E-state index in [1.165, 1.54) is 24.2 Å². The maximum absolute atomic E-state index is 13.4. The molecule has 2 heterocycles. The average molecular weight is 616 g/mol. The predicted octanol–water partition coefficient (Wildman–Crippen LogP) is 2.41. The van der Waals surface area contributed by atoms with Gasteiger partial charge in [-0.1, -0.05) is 18.2 Å². The van der Waals surface area contributed by atoms with Crippen molar-refractivity contribution in [3.05, 3.63) is 53.0 Å². The Morgan fingerprint density at radius 1 is 1.14 bits per heavy atom. The largest absolute Gasteiger partial charge is 0.383 e. The summed E-state index contributed by atoms with van der Waals surface area (Å²) in [4.78, 5) is 39.4. The van der Waals surface area contributed by atoms with Gasteiger partial charge in [-0.15, -0.1) is 11.3 Å². The highest BCUT2D eigenvalue weighted by atomic mass is 32.2. The Labute approximate surface area is 251 Å². The lowest BCUT2D eigenvalue weighted by Crippen LogP contribution is -2.43. The average Bonchev–Trinajstić information content (AvgIpc) is 3.74. The number of methoxy groups -OCH3 is 1. The van der Waals surface area contributed by atoms with E-state index in [0.717, 1.165) is 27.8 Å². The number of nitrogens with one attached hydrogen (secondary N) is 3. The van der Waals surface area contributed by atoms with Crippen LogP contribution in [0.4, 0.5) is 0 Å². The summed E-state index contributed by atoms with van der Waals surface area (Å²) in [5, 5.41) is 7.91. The number of rotatable bonds is 12. The molecule has 2 fully saturated rings. The SMILES string of the molecule is CCNC(=O)C(c1nc2ccc(-c3ccc(C(=O)NCCOC)cc3)cc2s1)S(=O)N1CCOCC1.O=CNC1CC1. The number of nitrogens with zero attached hydrogens (tertiary/aromatic N) is 2. The number of hydrogen-bond acceptors (Lipinski definition) is 8. The van der Waals surface area contributed by atoms with Gasteiger partial charge in [-0.05, 0) is 55.2 Å². The molecule has 3 N–H and O–H groups in total. The fourth-order valence-electron chi connectivity index (χ4n) is 4.20. The van der Waals surface area contributed by atoms with Crippen molar-refractivity contribution in [2.24, 2.45) is 0 Å². The summed E-state index contributed by atoms with van der Waals surface area (Å²) in [6.45, 7) is 5.21. The first kappa shape index (κ1) is 31.7. The first-order chi connectivity index (χ1) is 20.4. The molecule has 1 aromatic heterocycles. The van der Waals surface area contributed by atoms with Crippen molar-refractivity contribution in [2.75, 3.05) is 53.1 Å². The number of benzene rings is 2. The third-order valence-corrected chi connectivity index (χ3v) is 9.54. The number of fused-ring (bicyclic) bond motifs is 1. The van der Waals surface area contributed by atoms with E-state index < -0.39 is 16.2 Å². The van der Waals surface area contributed by atoms with E-state index in [-0.39, 0.29) is 11.8 Å². The summed E-state index contributed by atoms with van der Waals surface area (Å²) >= 11 is 1.38. The molecule has 11 nitrogen and oxygen atoms in total.